The molecule has 4 nitrogen and oxygen atoms in total. The van der Waals surface area contributed by atoms with Crippen LogP contribution in [0.5, 0.6) is 5.75 Å². The zero-order valence-electron chi connectivity index (χ0n) is 15.8. The summed E-state index contributed by atoms with van der Waals surface area (Å²) in [6, 6.07) is 13.0. The average Bonchev–Trinajstić information content (AvgIpc) is 3.14. The van der Waals surface area contributed by atoms with Crippen LogP contribution in [0.15, 0.2) is 36.4 Å². The molecule has 3 atom stereocenters. The summed E-state index contributed by atoms with van der Waals surface area (Å²) in [5.74, 6) is 3.26. The number of halogens is 3. The molecule has 0 radical (unpaired) electrons. The lowest BCUT2D eigenvalue weighted by Crippen LogP contribution is -2.29. The number of nitrogens with zero attached hydrogens (tertiary/aromatic N) is 3. The Morgan fingerprint density at radius 1 is 1.04 bits per heavy atom. The molecule has 1 aromatic carbocycles. The Bertz CT molecular complexity index is 772. The van der Waals surface area contributed by atoms with Crippen molar-refractivity contribution in [3.63, 3.8) is 0 Å². The Hall–Kier alpha value is -1.20. The third kappa shape index (κ3) is 4.14. The number of likely N-dealkylation sites (tertiary alicyclic amines) is 1. The second-order valence-corrected chi connectivity index (χ2v) is 7.63. The maximum atomic E-state index is 6.13. The van der Waals surface area contributed by atoms with Gasteiger partial charge in [-0.2, -0.15) is 0 Å². The molecule has 27 heavy (non-hydrogen) atoms. The van der Waals surface area contributed by atoms with E-state index in [-0.39, 0.29) is 24.8 Å². The van der Waals surface area contributed by atoms with Gasteiger partial charge in [0.15, 0.2) is 0 Å². The molecular formula is C20H26Cl3N3O. The number of benzene rings is 1. The summed E-state index contributed by atoms with van der Waals surface area (Å²) in [4.78, 5) is 9.60. The first-order valence-corrected chi connectivity index (χ1v) is 9.17. The minimum atomic E-state index is 0. The van der Waals surface area contributed by atoms with Crippen LogP contribution in [0.2, 0.25) is 5.02 Å². The summed E-state index contributed by atoms with van der Waals surface area (Å²) in [7, 11) is 3.95. The van der Waals surface area contributed by atoms with Gasteiger partial charge in [0.25, 0.3) is 0 Å². The highest BCUT2D eigenvalue weighted by Gasteiger charge is 2.46. The van der Waals surface area contributed by atoms with E-state index >= 15 is 0 Å². The van der Waals surface area contributed by atoms with E-state index in [0.717, 1.165) is 41.9 Å². The molecule has 4 rings (SSSR count). The first-order chi connectivity index (χ1) is 12.1. The molecule has 3 heterocycles. The molecule has 0 N–H and O–H groups in total. The second-order valence-electron chi connectivity index (χ2n) is 7.22. The van der Waals surface area contributed by atoms with Crippen LogP contribution in [-0.4, -0.2) is 43.7 Å². The molecule has 0 bridgehead atoms. The fraction of sp³-hybridized carbons (Fsp3) is 0.450. The topological polar surface area (TPSA) is 28.6 Å². The van der Waals surface area contributed by atoms with Crippen molar-refractivity contribution in [2.75, 3.05) is 38.7 Å². The molecule has 0 spiro atoms. The fourth-order valence-electron chi connectivity index (χ4n) is 4.45. The number of hydrogen-bond acceptors (Lipinski definition) is 4. The molecule has 2 fully saturated rings. The standard InChI is InChI=1S/C20H24ClN3O.2ClH/c1-13-18(21)8-9-19(22-13)24-11-15-10-23(2)20(17(15)12-24)14-4-6-16(25-3)7-5-14;;/h4-9,15,17,20H,10-12H2,1-3H3;2*1H/t15-,17+,20+;;/m0../s1. The summed E-state index contributed by atoms with van der Waals surface area (Å²) >= 11 is 6.13. The van der Waals surface area contributed by atoms with Crippen molar-refractivity contribution in [1.82, 2.24) is 9.88 Å². The Morgan fingerprint density at radius 3 is 2.37 bits per heavy atom. The molecule has 0 unspecified atom stereocenters. The van der Waals surface area contributed by atoms with Gasteiger partial charge in [-0.15, -0.1) is 24.8 Å². The number of hydrogen-bond donors (Lipinski definition) is 0. The molecule has 2 aliphatic rings. The highest BCUT2D eigenvalue weighted by atomic mass is 35.5. The van der Waals surface area contributed by atoms with E-state index < -0.39 is 0 Å². The number of pyridine rings is 1. The quantitative estimate of drug-likeness (QED) is 0.709. The van der Waals surface area contributed by atoms with Gasteiger partial charge in [-0.1, -0.05) is 23.7 Å². The van der Waals surface area contributed by atoms with Crippen molar-refractivity contribution < 1.29 is 4.74 Å². The summed E-state index contributed by atoms with van der Waals surface area (Å²) in [6.45, 7) is 5.20. The number of fused-ring (bicyclic) bond motifs is 1. The van der Waals surface area contributed by atoms with Crippen LogP contribution in [0.1, 0.15) is 17.3 Å². The van der Waals surface area contributed by atoms with Gasteiger partial charge < -0.3 is 9.64 Å². The van der Waals surface area contributed by atoms with Crippen molar-refractivity contribution in [2.45, 2.75) is 13.0 Å². The van der Waals surface area contributed by atoms with Gasteiger partial charge in [0.2, 0.25) is 0 Å². The number of ether oxygens (including phenoxy) is 1. The molecule has 2 aromatic rings. The first kappa shape index (κ1) is 22.1. The number of anilines is 1. The van der Waals surface area contributed by atoms with Crippen LogP contribution in [0, 0.1) is 18.8 Å². The van der Waals surface area contributed by atoms with Crippen LogP contribution in [0.25, 0.3) is 0 Å². The van der Waals surface area contributed by atoms with E-state index in [0.29, 0.717) is 17.9 Å². The fourth-order valence-corrected chi connectivity index (χ4v) is 4.56. The summed E-state index contributed by atoms with van der Waals surface area (Å²) in [5, 5.41) is 0.735. The van der Waals surface area contributed by atoms with Crippen LogP contribution in [0.4, 0.5) is 5.82 Å². The van der Waals surface area contributed by atoms with E-state index in [1.54, 1.807) is 7.11 Å². The number of rotatable bonds is 3. The minimum Gasteiger partial charge on any atom is -0.497 e. The second kappa shape index (κ2) is 8.87. The smallest absolute Gasteiger partial charge is 0.128 e. The van der Waals surface area contributed by atoms with Gasteiger partial charge in [0.1, 0.15) is 11.6 Å². The monoisotopic (exact) mass is 429 g/mol. The highest BCUT2D eigenvalue weighted by Crippen LogP contribution is 2.45. The molecule has 2 aliphatic heterocycles. The first-order valence-electron chi connectivity index (χ1n) is 8.79. The Kier molecular flexibility index (Phi) is 7.26. The SMILES string of the molecule is COc1ccc([C@@H]2[C@@H]3CN(c4ccc(Cl)c(C)n4)C[C@@H]3CN2C)cc1.Cl.Cl. The maximum absolute atomic E-state index is 6.13. The van der Waals surface area contributed by atoms with Gasteiger partial charge in [-0.25, -0.2) is 4.98 Å². The number of methoxy groups -OCH3 is 1. The minimum absolute atomic E-state index is 0. The molecular weight excluding hydrogens is 405 g/mol. The van der Waals surface area contributed by atoms with Gasteiger partial charge >= 0.3 is 0 Å². The van der Waals surface area contributed by atoms with Crippen molar-refractivity contribution in [3.05, 3.63) is 52.7 Å². The Balaban J connectivity index is 0.00000131. The summed E-state index contributed by atoms with van der Waals surface area (Å²) in [5.41, 5.74) is 2.28. The van der Waals surface area contributed by atoms with E-state index in [4.69, 9.17) is 16.3 Å². The zero-order valence-corrected chi connectivity index (χ0v) is 18.2. The van der Waals surface area contributed by atoms with E-state index in [1.807, 2.05) is 19.1 Å². The molecule has 7 heteroatoms. The molecule has 1 aromatic heterocycles. The van der Waals surface area contributed by atoms with Crippen LogP contribution in [0.3, 0.4) is 0 Å². The maximum Gasteiger partial charge on any atom is 0.128 e. The molecule has 0 aliphatic carbocycles. The van der Waals surface area contributed by atoms with E-state index in [2.05, 4.69) is 46.1 Å². The highest BCUT2D eigenvalue weighted by molar-refractivity contribution is 6.31. The van der Waals surface area contributed by atoms with Crippen LogP contribution in [-0.2, 0) is 0 Å². The van der Waals surface area contributed by atoms with E-state index in [9.17, 15) is 0 Å². The average molecular weight is 431 g/mol. The lowest BCUT2D eigenvalue weighted by atomic mass is 9.89. The Morgan fingerprint density at radius 2 is 1.74 bits per heavy atom. The van der Waals surface area contributed by atoms with Gasteiger partial charge in [-0.3, -0.25) is 4.90 Å². The van der Waals surface area contributed by atoms with Crippen LogP contribution >= 0.6 is 36.4 Å². The molecule has 0 amide bonds. The largest absolute Gasteiger partial charge is 0.497 e. The normalized spacial score (nSPS) is 24.1. The zero-order chi connectivity index (χ0) is 17.6. The van der Waals surface area contributed by atoms with E-state index in [1.165, 1.54) is 5.56 Å². The predicted octanol–water partition coefficient (Wildman–Crippen LogP) is 4.63. The Labute approximate surface area is 178 Å². The number of aryl methyl sites for hydroxylation is 1. The molecule has 148 valence electrons. The summed E-state index contributed by atoms with van der Waals surface area (Å²) < 4.78 is 5.30. The number of aromatic nitrogens is 1. The molecule has 0 saturated carbocycles. The third-order valence-corrected chi connectivity index (χ3v) is 6.08. The van der Waals surface area contributed by atoms with Crippen molar-refractivity contribution in [3.8, 4) is 5.75 Å². The van der Waals surface area contributed by atoms with Crippen molar-refractivity contribution in [1.29, 1.82) is 0 Å². The summed E-state index contributed by atoms with van der Waals surface area (Å²) in [6.07, 6.45) is 0. The van der Waals surface area contributed by atoms with Crippen molar-refractivity contribution >= 4 is 42.2 Å². The van der Waals surface area contributed by atoms with Gasteiger partial charge in [0, 0.05) is 31.6 Å². The lowest BCUT2D eigenvalue weighted by Gasteiger charge is -2.27. The van der Waals surface area contributed by atoms with Crippen molar-refractivity contribution in [2.24, 2.45) is 11.8 Å². The van der Waals surface area contributed by atoms with Crippen LogP contribution < -0.4 is 9.64 Å². The lowest BCUT2D eigenvalue weighted by molar-refractivity contribution is 0.279. The van der Waals surface area contributed by atoms with Gasteiger partial charge in [0.05, 0.1) is 17.8 Å². The molecule has 2 saturated heterocycles. The third-order valence-electron chi connectivity index (χ3n) is 5.68. The predicted molar refractivity (Wildman–Crippen MR) is 116 cm³/mol. The van der Waals surface area contributed by atoms with Gasteiger partial charge in [-0.05, 0) is 49.7 Å².